The lowest BCUT2D eigenvalue weighted by Gasteiger charge is -2.41. The van der Waals surface area contributed by atoms with E-state index >= 15 is 0 Å². The second-order valence-electron chi connectivity index (χ2n) is 6.06. The van der Waals surface area contributed by atoms with Crippen LogP contribution in [0.3, 0.4) is 0 Å². The SMILES string of the molecule is O[C@]1(CN2CCCC2)CCCN(Cc2ncc[nH]2)C1. The summed E-state index contributed by atoms with van der Waals surface area (Å²) in [6.45, 7) is 5.78. The highest BCUT2D eigenvalue weighted by Gasteiger charge is 2.35. The first kappa shape index (κ1) is 13.1. The van der Waals surface area contributed by atoms with Gasteiger partial charge in [-0.25, -0.2) is 4.98 Å². The minimum atomic E-state index is -0.533. The highest BCUT2D eigenvalue weighted by Crippen LogP contribution is 2.24. The first-order chi connectivity index (χ1) is 9.23. The highest BCUT2D eigenvalue weighted by molar-refractivity contribution is 4.94. The molecule has 19 heavy (non-hydrogen) atoms. The monoisotopic (exact) mass is 264 g/mol. The van der Waals surface area contributed by atoms with Crippen molar-refractivity contribution < 1.29 is 5.11 Å². The molecule has 5 heteroatoms. The largest absolute Gasteiger partial charge is 0.387 e. The van der Waals surface area contributed by atoms with Gasteiger partial charge in [-0.3, -0.25) is 4.90 Å². The summed E-state index contributed by atoms with van der Waals surface area (Å²) in [5.74, 6) is 0.991. The molecule has 2 saturated heterocycles. The molecule has 0 spiro atoms. The Hall–Kier alpha value is -0.910. The van der Waals surface area contributed by atoms with Crippen LogP contribution in [0, 0.1) is 0 Å². The standard InChI is InChI=1S/C14H24N4O/c19-14(11-17-7-1-2-8-17)4-3-9-18(12-14)10-13-15-5-6-16-13/h5-6,19H,1-4,7-12H2,(H,15,16)/t14-/m0/s1. The maximum absolute atomic E-state index is 10.8. The number of imidazole rings is 1. The number of aromatic nitrogens is 2. The minimum absolute atomic E-state index is 0.533. The van der Waals surface area contributed by atoms with Crippen LogP contribution in [0.5, 0.6) is 0 Å². The van der Waals surface area contributed by atoms with Gasteiger partial charge in [-0.05, 0) is 45.3 Å². The third-order valence-electron chi connectivity index (χ3n) is 4.28. The number of likely N-dealkylation sites (tertiary alicyclic amines) is 2. The van der Waals surface area contributed by atoms with Crippen molar-refractivity contribution in [2.24, 2.45) is 0 Å². The maximum atomic E-state index is 10.8. The Labute approximate surface area is 114 Å². The van der Waals surface area contributed by atoms with E-state index in [2.05, 4.69) is 19.8 Å². The normalized spacial score (nSPS) is 29.9. The number of nitrogens with one attached hydrogen (secondary N) is 1. The van der Waals surface area contributed by atoms with Gasteiger partial charge in [-0.2, -0.15) is 0 Å². The lowest BCUT2D eigenvalue weighted by atomic mass is 9.92. The predicted molar refractivity (Wildman–Crippen MR) is 73.7 cm³/mol. The number of aliphatic hydroxyl groups is 1. The number of H-pyrrole nitrogens is 1. The number of hydrogen-bond acceptors (Lipinski definition) is 4. The molecule has 2 aliphatic rings. The zero-order valence-corrected chi connectivity index (χ0v) is 11.5. The number of aromatic amines is 1. The van der Waals surface area contributed by atoms with Crippen LogP contribution in [-0.4, -0.2) is 63.2 Å². The van der Waals surface area contributed by atoms with Crippen LogP contribution in [0.4, 0.5) is 0 Å². The van der Waals surface area contributed by atoms with Crippen molar-refractivity contribution in [1.29, 1.82) is 0 Å². The Morgan fingerprint density at radius 2 is 2.00 bits per heavy atom. The van der Waals surface area contributed by atoms with Crippen molar-refractivity contribution in [2.75, 3.05) is 32.7 Å². The molecule has 5 nitrogen and oxygen atoms in total. The van der Waals surface area contributed by atoms with Gasteiger partial charge in [0.15, 0.2) is 0 Å². The Balaban J connectivity index is 1.56. The summed E-state index contributed by atoms with van der Waals surface area (Å²) in [7, 11) is 0. The number of rotatable bonds is 4. The minimum Gasteiger partial charge on any atom is -0.387 e. The van der Waals surface area contributed by atoms with E-state index < -0.39 is 5.60 Å². The summed E-state index contributed by atoms with van der Waals surface area (Å²) in [5, 5.41) is 10.8. The highest BCUT2D eigenvalue weighted by atomic mass is 16.3. The van der Waals surface area contributed by atoms with E-state index in [0.29, 0.717) is 0 Å². The Bertz CT molecular complexity index is 388. The summed E-state index contributed by atoms with van der Waals surface area (Å²) < 4.78 is 0. The molecule has 2 N–H and O–H groups in total. The topological polar surface area (TPSA) is 55.4 Å². The average Bonchev–Trinajstić information content (AvgIpc) is 3.02. The molecule has 106 valence electrons. The lowest BCUT2D eigenvalue weighted by molar-refractivity contribution is -0.0524. The molecule has 3 heterocycles. The number of piperidine rings is 1. The summed E-state index contributed by atoms with van der Waals surface area (Å²) in [5.41, 5.74) is -0.533. The Kier molecular flexibility index (Phi) is 3.86. The van der Waals surface area contributed by atoms with Crippen molar-refractivity contribution in [1.82, 2.24) is 19.8 Å². The molecule has 1 aromatic rings. The van der Waals surface area contributed by atoms with Crippen LogP contribution in [0.15, 0.2) is 12.4 Å². The van der Waals surface area contributed by atoms with Gasteiger partial charge >= 0.3 is 0 Å². The van der Waals surface area contributed by atoms with E-state index in [0.717, 1.165) is 57.9 Å². The summed E-state index contributed by atoms with van der Waals surface area (Å²) in [6.07, 6.45) is 8.22. The number of hydrogen-bond donors (Lipinski definition) is 2. The number of nitrogens with zero attached hydrogens (tertiary/aromatic N) is 3. The Morgan fingerprint density at radius 1 is 1.21 bits per heavy atom. The maximum Gasteiger partial charge on any atom is 0.120 e. The molecular formula is C14H24N4O. The third-order valence-corrected chi connectivity index (χ3v) is 4.28. The van der Waals surface area contributed by atoms with Crippen LogP contribution >= 0.6 is 0 Å². The molecule has 0 aliphatic carbocycles. The van der Waals surface area contributed by atoms with Gasteiger partial charge in [0.25, 0.3) is 0 Å². The van der Waals surface area contributed by atoms with Crippen molar-refractivity contribution in [3.63, 3.8) is 0 Å². The van der Waals surface area contributed by atoms with Gasteiger partial charge in [-0.15, -0.1) is 0 Å². The van der Waals surface area contributed by atoms with E-state index in [1.807, 2.05) is 6.20 Å². The molecule has 0 amide bonds. The molecule has 0 aromatic carbocycles. The lowest BCUT2D eigenvalue weighted by Crippen LogP contribution is -2.53. The molecule has 1 aromatic heterocycles. The second-order valence-corrected chi connectivity index (χ2v) is 6.06. The average molecular weight is 264 g/mol. The second kappa shape index (κ2) is 5.61. The van der Waals surface area contributed by atoms with Gasteiger partial charge in [0, 0.05) is 25.5 Å². The van der Waals surface area contributed by atoms with Gasteiger partial charge in [0.1, 0.15) is 5.82 Å². The van der Waals surface area contributed by atoms with E-state index in [-0.39, 0.29) is 0 Å². The molecule has 2 fully saturated rings. The van der Waals surface area contributed by atoms with E-state index in [1.165, 1.54) is 12.8 Å². The van der Waals surface area contributed by atoms with Gasteiger partial charge < -0.3 is 15.0 Å². The van der Waals surface area contributed by atoms with Gasteiger partial charge in [0.05, 0.1) is 12.1 Å². The van der Waals surface area contributed by atoms with Crippen LogP contribution in [0.25, 0.3) is 0 Å². The fourth-order valence-corrected chi connectivity index (χ4v) is 3.42. The van der Waals surface area contributed by atoms with Crippen molar-refractivity contribution in [2.45, 2.75) is 37.8 Å². The first-order valence-corrected chi connectivity index (χ1v) is 7.39. The van der Waals surface area contributed by atoms with Gasteiger partial charge in [0.2, 0.25) is 0 Å². The van der Waals surface area contributed by atoms with Crippen LogP contribution < -0.4 is 0 Å². The van der Waals surface area contributed by atoms with Crippen LogP contribution in [0.2, 0.25) is 0 Å². The molecule has 0 radical (unpaired) electrons. The van der Waals surface area contributed by atoms with Crippen LogP contribution in [-0.2, 0) is 6.54 Å². The zero-order valence-electron chi connectivity index (χ0n) is 11.5. The fourth-order valence-electron chi connectivity index (χ4n) is 3.42. The molecule has 0 bridgehead atoms. The van der Waals surface area contributed by atoms with Crippen molar-refractivity contribution in [3.8, 4) is 0 Å². The van der Waals surface area contributed by atoms with E-state index in [9.17, 15) is 5.11 Å². The van der Waals surface area contributed by atoms with E-state index in [1.54, 1.807) is 6.20 Å². The zero-order chi connectivity index (χ0) is 13.1. The first-order valence-electron chi connectivity index (χ1n) is 7.39. The molecule has 0 saturated carbocycles. The smallest absolute Gasteiger partial charge is 0.120 e. The molecule has 0 unspecified atom stereocenters. The summed E-state index contributed by atoms with van der Waals surface area (Å²) in [6, 6.07) is 0. The van der Waals surface area contributed by atoms with Crippen LogP contribution in [0.1, 0.15) is 31.5 Å². The molecule has 2 aliphatic heterocycles. The quantitative estimate of drug-likeness (QED) is 0.846. The summed E-state index contributed by atoms with van der Waals surface area (Å²) in [4.78, 5) is 12.1. The summed E-state index contributed by atoms with van der Waals surface area (Å²) >= 11 is 0. The molecular weight excluding hydrogens is 240 g/mol. The molecule has 3 rings (SSSR count). The number of β-amino-alcohol motifs (C(OH)–C–C–N with tert-alkyl or cyclic N) is 1. The van der Waals surface area contributed by atoms with Crippen molar-refractivity contribution in [3.05, 3.63) is 18.2 Å². The van der Waals surface area contributed by atoms with E-state index in [4.69, 9.17) is 0 Å². The predicted octanol–water partition coefficient (Wildman–Crippen LogP) is 0.832. The van der Waals surface area contributed by atoms with Gasteiger partial charge in [-0.1, -0.05) is 0 Å². The third kappa shape index (κ3) is 3.35. The molecule has 1 atom stereocenters. The Morgan fingerprint density at radius 3 is 2.74 bits per heavy atom. The fraction of sp³-hybridized carbons (Fsp3) is 0.786. The van der Waals surface area contributed by atoms with Crippen molar-refractivity contribution >= 4 is 0 Å².